The second-order valence-corrected chi connectivity index (χ2v) is 7.22. The summed E-state index contributed by atoms with van der Waals surface area (Å²) >= 11 is 0. The Labute approximate surface area is 140 Å². The van der Waals surface area contributed by atoms with Crippen LogP contribution in [0.1, 0.15) is 42.5 Å². The van der Waals surface area contributed by atoms with E-state index >= 15 is 0 Å². The van der Waals surface area contributed by atoms with Gasteiger partial charge in [0, 0.05) is 18.7 Å². The van der Waals surface area contributed by atoms with E-state index in [9.17, 15) is 9.59 Å². The molecule has 2 fully saturated rings. The standard InChI is InChI=1S/C18H22N4O2/c19-17(24)18(10-12-1-2-12)5-7-22(8-6-18)16(23)13-3-4-14-15(9-13)21-11-20-14/h3-4,9,11-12H,1-2,5-8,10H2,(H2,19,24)(H,20,21). The second-order valence-electron chi connectivity index (χ2n) is 7.22. The normalized spacial score (nSPS) is 20.2. The first-order valence-electron chi connectivity index (χ1n) is 8.60. The van der Waals surface area contributed by atoms with E-state index in [0.717, 1.165) is 17.5 Å². The Morgan fingerprint density at radius 2 is 2.04 bits per heavy atom. The van der Waals surface area contributed by atoms with Crippen LogP contribution in [0.3, 0.4) is 0 Å². The molecule has 0 spiro atoms. The van der Waals surface area contributed by atoms with Crippen LogP contribution in [0.15, 0.2) is 24.5 Å². The van der Waals surface area contributed by atoms with Crippen molar-refractivity contribution in [1.29, 1.82) is 0 Å². The highest BCUT2D eigenvalue weighted by molar-refractivity contribution is 5.97. The summed E-state index contributed by atoms with van der Waals surface area (Å²) in [6, 6.07) is 5.50. The molecule has 1 aromatic heterocycles. The van der Waals surface area contributed by atoms with Crippen LogP contribution in [0.2, 0.25) is 0 Å². The SMILES string of the molecule is NC(=O)C1(CC2CC2)CCN(C(=O)c2ccc3nc[nH]c3c2)CC1. The third-order valence-corrected chi connectivity index (χ3v) is 5.57. The molecule has 126 valence electrons. The fourth-order valence-corrected chi connectivity index (χ4v) is 3.81. The molecule has 2 amide bonds. The van der Waals surface area contributed by atoms with Gasteiger partial charge in [0.25, 0.3) is 5.91 Å². The number of amides is 2. The lowest BCUT2D eigenvalue weighted by molar-refractivity contribution is -0.131. The van der Waals surface area contributed by atoms with E-state index < -0.39 is 5.41 Å². The van der Waals surface area contributed by atoms with Crippen LogP contribution in [0.25, 0.3) is 11.0 Å². The molecular weight excluding hydrogens is 304 g/mol. The highest BCUT2D eigenvalue weighted by Crippen LogP contribution is 2.45. The van der Waals surface area contributed by atoms with Gasteiger partial charge in [0.2, 0.25) is 5.91 Å². The average Bonchev–Trinajstić information content (AvgIpc) is 3.27. The van der Waals surface area contributed by atoms with Crippen molar-refractivity contribution in [3.63, 3.8) is 0 Å². The van der Waals surface area contributed by atoms with E-state index in [1.165, 1.54) is 12.8 Å². The Morgan fingerprint density at radius 1 is 1.29 bits per heavy atom. The first-order valence-corrected chi connectivity index (χ1v) is 8.60. The Bertz CT molecular complexity index is 785. The zero-order chi connectivity index (χ0) is 16.7. The van der Waals surface area contributed by atoms with Gasteiger partial charge in [-0.3, -0.25) is 9.59 Å². The van der Waals surface area contributed by atoms with Gasteiger partial charge in [-0.1, -0.05) is 12.8 Å². The van der Waals surface area contributed by atoms with Crippen molar-refractivity contribution in [2.24, 2.45) is 17.1 Å². The van der Waals surface area contributed by atoms with Crippen molar-refractivity contribution in [3.05, 3.63) is 30.1 Å². The zero-order valence-electron chi connectivity index (χ0n) is 13.6. The molecule has 1 aliphatic carbocycles. The summed E-state index contributed by atoms with van der Waals surface area (Å²) in [5.74, 6) is 0.471. The maximum atomic E-state index is 12.8. The summed E-state index contributed by atoms with van der Waals surface area (Å²) in [4.78, 5) is 33.8. The van der Waals surface area contributed by atoms with Crippen LogP contribution in [0.4, 0.5) is 0 Å². The lowest BCUT2D eigenvalue weighted by Gasteiger charge is -2.40. The van der Waals surface area contributed by atoms with Gasteiger partial charge >= 0.3 is 0 Å². The second kappa shape index (κ2) is 5.61. The number of aromatic amines is 1. The highest BCUT2D eigenvalue weighted by atomic mass is 16.2. The molecule has 1 aromatic carbocycles. The van der Waals surface area contributed by atoms with Crippen molar-refractivity contribution in [1.82, 2.24) is 14.9 Å². The molecule has 6 nitrogen and oxygen atoms in total. The van der Waals surface area contributed by atoms with E-state index in [1.54, 1.807) is 6.33 Å². The van der Waals surface area contributed by atoms with Gasteiger partial charge in [0.15, 0.2) is 0 Å². The molecule has 0 unspecified atom stereocenters. The minimum Gasteiger partial charge on any atom is -0.369 e. The lowest BCUT2D eigenvalue weighted by atomic mass is 9.73. The Morgan fingerprint density at radius 3 is 2.71 bits per heavy atom. The van der Waals surface area contributed by atoms with Crippen molar-refractivity contribution >= 4 is 22.8 Å². The molecule has 0 bridgehead atoms. The Hall–Kier alpha value is -2.37. The van der Waals surface area contributed by atoms with Crippen LogP contribution in [-0.4, -0.2) is 39.8 Å². The number of hydrogen-bond donors (Lipinski definition) is 2. The van der Waals surface area contributed by atoms with Crippen molar-refractivity contribution in [3.8, 4) is 0 Å². The van der Waals surface area contributed by atoms with Crippen LogP contribution < -0.4 is 5.73 Å². The van der Waals surface area contributed by atoms with Gasteiger partial charge in [-0.25, -0.2) is 4.98 Å². The van der Waals surface area contributed by atoms with E-state index in [2.05, 4.69) is 9.97 Å². The fraction of sp³-hybridized carbons (Fsp3) is 0.500. The molecule has 2 aromatic rings. The van der Waals surface area contributed by atoms with E-state index in [0.29, 0.717) is 37.4 Å². The van der Waals surface area contributed by atoms with Crippen molar-refractivity contribution < 1.29 is 9.59 Å². The van der Waals surface area contributed by atoms with Crippen LogP contribution >= 0.6 is 0 Å². The number of fused-ring (bicyclic) bond motifs is 1. The summed E-state index contributed by atoms with van der Waals surface area (Å²) in [5.41, 5.74) is 7.66. The predicted molar refractivity (Wildman–Crippen MR) is 90.2 cm³/mol. The van der Waals surface area contributed by atoms with Gasteiger partial charge in [-0.05, 0) is 43.4 Å². The molecular formula is C18H22N4O2. The predicted octanol–water partition coefficient (Wildman–Crippen LogP) is 2.07. The van der Waals surface area contributed by atoms with E-state index in [1.807, 2.05) is 23.1 Å². The van der Waals surface area contributed by atoms with Gasteiger partial charge in [0.05, 0.1) is 22.8 Å². The topological polar surface area (TPSA) is 92.1 Å². The average molecular weight is 326 g/mol. The number of likely N-dealkylation sites (tertiary alicyclic amines) is 1. The number of carbonyl (C=O) groups is 2. The summed E-state index contributed by atoms with van der Waals surface area (Å²) in [6.45, 7) is 1.19. The van der Waals surface area contributed by atoms with Gasteiger partial charge in [-0.15, -0.1) is 0 Å². The van der Waals surface area contributed by atoms with Crippen molar-refractivity contribution in [2.45, 2.75) is 32.1 Å². The number of benzene rings is 1. The maximum absolute atomic E-state index is 12.8. The smallest absolute Gasteiger partial charge is 0.253 e. The number of H-pyrrole nitrogens is 1. The Kier molecular flexibility index (Phi) is 3.55. The van der Waals surface area contributed by atoms with E-state index in [-0.39, 0.29) is 11.8 Å². The molecule has 1 saturated carbocycles. The molecule has 24 heavy (non-hydrogen) atoms. The lowest BCUT2D eigenvalue weighted by Crippen LogP contribution is -2.49. The van der Waals surface area contributed by atoms with Crippen LogP contribution in [-0.2, 0) is 4.79 Å². The first-order chi connectivity index (χ1) is 11.6. The molecule has 6 heteroatoms. The maximum Gasteiger partial charge on any atom is 0.253 e. The summed E-state index contributed by atoms with van der Waals surface area (Å²) in [5, 5.41) is 0. The third-order valence-electron chi connectivity index (χ3n) is 5.57. The molecule has 1 saturated heterocycles. The highest BCUT2D eigenvalue weighted by Gasteiger charge is 2.44. The minimum absolute atomic E-state index is 0.0102. The van der Waals surface area contributed by atoms with Gasteiger partial charge < -0.3 is 15.6 Å². The number of rotatable bonds is 4. The number of aromatic nitrogens is 2. The number of nitrogens with one attached hydrogen (secondary N) is 1. The monoisotopic (exact) mass is 326 g/mol. The minimum atomic E-state index is -0.411. The molecule has 4 rings (SSSR count). The molecule has 1 aliphatic heterocycles. The third kappa shape index (κ3) is 2.66. The Balaban J connectivity index is 1.47. The summed E-state index contributed by atoms with van der Waals surface area (Å²) < 4.78 is 0. The molecule has 2 aliphatic rings. The first kappa shape index (κ1) is 15.2. The quantitative estimate of drug-likeness (QED) is 0.901. The van der Waals surface area contributed by atoms with Crippen LogP contribution in [0, 0.1) is 11.3 Å². The zero-order valence-corrected chi connectivity index (χ0v) is 13.6. The number of nitrogens with zero attached hydrogens (tertiary/aromatic N) is 2. The van der Waals surface area contributed by atoms with Crippen LogP contribution in [0.5, 0.6) is 0 Å². The number of primary amides is 1. The van der Waals surface area contributed by atoms with Gasteiger partial charge in [-0.2, -0.15) is 0 Å². The number of imidazole rings is 1. The number of hydrogen-bond acceptors (Lipinski definition) is 3. The number of piperidine rings is 1. The molecule has 2 heterocycles. The number of carbonyl (C=O) groups excluding carboxylic acids is 2. The molecule has 0 atom stereocenters. The number of nitrogens with two attached hydrogens (primary N) is 1. The van der Waals surface area contributed by atoms with Crippen molar-refractivity contribution in [2.75, 3.05) is 13.1 Å². The van der Waals surface area contributed by atoms with E-state index in [4.69, 9.17) is 5.73 Å². The van der Waals surface area contributed by atoms with Gasteiger partial charge in [0.1, 0.15) is 0 Å². The fourth-order valence-electron chi connectivity index (χ4n) is 3.81. The summed E-state index contributed by atoms with van der Waals surface area (Å²) in [7, 11) is 0. The largest absolute Gasteiger partial charge is 0.369 e. The molecule has 3 N–H and O–H groups in total. The molecule has 0 radical (unpaired) electrons. The summed E-state index contributed by atoms with van der Waals surface area (Å²) in [6.07, 6.45) is 6.29.